The van der Waals surface area contributed by atoms with E-state index in [1.54, 1.807) is 6.07 Å². The molecule has 1 aromatic rings. The molecule has 1 fully saturated rings. The van der Waals surface area contributed by atoms with Crippen LogP contribution in [0, 0.1) is 5.92 Å². The first-order chi connectivity index (χ1) is 10.0. The van der Waals surface area contributed by atoms with Crippen molar-refractivity contribution in [1.82, 2.24) is 10.2 Å². The van der Waals surface area contributed by atoms with E-state index in [0.717, 1.165) is 25.1 Å². The number of nitrogens with zero attached hydrogens (tertiary/aromatic N) is 1. The zero-order chi connectivity index (χ0) is 15.2. The Hall–Kier alpha value is -0.770. The van der Waals surface area contributed by atoms with Gasteiger partial charge in [-0.15, -0.1) is 0 Å². The molecule has 0 saturated carbocycles. The summed E-state index contributed by atoms with van der Waals surface area (Å²) in [6.45, 7) is 5.39. The predicted octanol–water partition coefficient (Wildman–Crippen LogP) is 3.38. The smallest absolute Gasteiger partial charge is 0.234 e. The Bertz CT molecular complexity index is 493. The van der Waals surface area contributed by atoms with Gasteiger partial charge < -0.3 is 5.32 Å². The number of carbonyl (C=O) groups is 1. The summed E-state index contributed by atoms with van der Waals surface area (Å²) >= 11 is 12.0. The average Bonchev–Trinajstić information content (AvgIpc) is 2.41. The molecule has 21 heavy (non-hydrogen) atoms. The van der Waals surface area contributed by atoms with Crippen molar-refractivity contribution in [2.24, 2.45) is 5.92 Å². The lowest BCUT2D eigenvalue weighted by Gasteiger charge is -2.30. The molecule has 3 nitrogen and oxygen atoms in total. The maximum absolute atomic E-state index is 11.9. The van der Waals surface area contributed by atoms with Gasteiger partial charge in [-0.2, -0.15) is 0 Å². The molecule has 1 aliphatic heterocycles. The van der Waals surface area contributed by atoms with E-state index in [4.69, 9.17) is 23.2 Å². The van der Waals surface area contributed by atoms with Crippen LogP contribution in [0.4, 0.5) is 0 Å². The third-order valence-electron chi connectivity index (χ3n) is 3.84. The van der Waals surface area contributed by atoms with Gasteiger partial charge in [-0.05, 0) is 49.4 Å². The van der Waals surface area contributed by atoms with Gasteiger partial charge in [0.2, 0.25) is 5.91 Å². The molecule has 1 saturated heterocycles. The fourth-order valence-electron chi connectivity index (χ4n) is 2.75. The molecule has 1 N–H and O–H groups in total. The highest BCUT2D eigenvalue weighted by molar-refractivity contribution is 6.35. The first-order valence-corrected chi connectivity index (χ1v) is 8.23. The van der Waals surface area contributed by atoms with E-state index < -0.39 is 0 Å². The number of amides is 1. The van der Waals surface area contributed by atoms with E-state index in [9.17, 15) is 4.79 Å². The van der Waals surface area contributed by atoms with E-state index in [1.165, 1.54) is 12.8 Å². The lowest BCUT2D eigenvalue weighted by Crippen LogP contribution is -2.42. The molecule has 0 spiro atoms. The third-order valence-corrected chi connectivity index (χ3v) is 4.43. The van der Waals surface area contributed by atoms with Crippen LogP contribution in [-0.4, -0.2) is 37.0 Å². The molecule has 116 valence electrons. The van der Waals surface area contributed by atoms with Crippen molar-refractivity contribution in [2.75, 3.05) is 26.2 Å². The minimum Gasteiger partial charge on any atom is -0.355 e. The monoisotopic (exact) mass is 328 g/mol. The van der Waals surface area contributed by atoms with Crippen LogP contribution in [0.25, 0.3) is 0 Å². The summed E-state index contributed by atoms with van der Waals surface area (Å²) in [4.78, 5) is 14.2. The molecular weight excluding hydrogens is 307 g/mol. The predicted molar refractivity (Wildman–Crippen MR) is 88.0 cm³/mol. The lowest BCUT2D eigenvalue weighted by molar-refractivity contribution is -0.122. The number of nitrogens with one attached hydrogen (secondary N) is 1. The molecule has 1 aliphatic rings. The van der Waals surface area contributed by atoms with E-state index in [0.29, 0.717) is 29.1 Å². The first-order valence-electron chi connectivity index (χ1n) is 7.47. The summed E-state index contributed by atoms with van der Waals surface area (Å²) in [6.07, 6.45) is 3.18. The highest BCUT2D eigenvalue weighted by Crippen LogP contribution is 2.21. The SMILES string of the molecule is C[C@H]1CCCN(CC(=O)NCCc2ccc(Cl)cc2Cl)C1. The first kappa shape index (κ1) is 16.6. The Morgan fingerprint density at radius 2 is 2.24 bits per heavy atom. The second-order valence-corrected chi connectivity index (χ2v) is 6.66. The lowest BCUT2D eigenvalue weighted by atomic mass is 10.0. The van der Waals surface area contributed by atoms with Crippen molar-refractivity contribution in [2.45, 2.75) is 26.2 Å². The summed E-state index contributed by atoms with van der Waals surface area (Å²) in [7, 11) is 0. The summed E-state index contributed by atoms with van der Waals surface area (Å²) in [5.41, 5.74) is 1.01. The molecule has 1 amide bonds. The van der Waals surface area contributed by atoms with E-state index >= 15 is 0 Å². The number of hydrogen-bond acceptors (Lipinski definition) is 2. The maximum atomic E-state index is 11.9. The van der Waals surface area contributed by atoms with Crippen LogP contribution in [0.1, 0.15) is 25.3 Å². The van der Waals surface area contributed by atoms with Crippen LogP contribution >= 0.6 is 23.2 Å². The van der Waals surface area contributed by atoms with Crippen LogP contribution in [-0.2, 0) is 11.2 Å². The van der Waals surface area contributed by atoms with Crippen LogP contribution in [0.5, 0.6) is 0 Å². The molecule has 0 unspecified atom stereocenters. The number of rotatable bonds is 5. The zero-order valence-corrected chi connectivity index (χ0v) is 13.9. The topological polar surface area (TPSA) is 32.3 Å². The van der Waals surface area contributed by atoms with Crippen molar-refractivity contribution in [3.05, 3.63) is 33.8 Å². The fourth-order valence-corrected chi connectivity index (χ4v) is 3.25. The van der Waals surface area contributed by atoms with Crippen LogP contribution in [0.15, 0.2) is 18.2 Å². The molecular formula is C16H22Cl2N2O. The van der Waals surface area contributed by atoms with Gasteiger partial charge in [0.1, 0.15) is 0 Å². The Kier molecular flexibility index (Phi) is 6.34. The fraction of sp³-hybridized carbons (Fsp3) is 0.562. The van der Waals surface area contributed by atoms with Gasteiger partial charge in [-0.1, -0.05) is 36.2 Å². The molecule has 0 aliphatic carbocycles. The molecule has 5 heteroatoms. The standard InChI is InChI=1S/C16H22Cl2N2O/c1-12-3-2-8-20(10-12)11-16(21)19-7-6-13-4-5-14(17)9-15(13)18/h4-5,9,12H,2-3,6-8,10-11H2,1H3,(H,19,21)/t12-/m0/s1. The van der Waals surface area contributed by atoms with Gasteiger partial charge in [-0.3, -0.25) is 9.69 Å². The van der Waals surface area contributed by atoms with Gasteiger partial charge in [0.25, 0.3) is 0 Å². The van der Waals surface area contributed by atoms with Gasteiger partial charge in [0, 0.05) is 23.1 Å². The zero-order valence-electron chi connectivity index (χ0n) is 12.4. The normalized spacial score (nSPS) is 19.5. The molecule has 2 rings (SSSR count). The summed E-state index contributed by atoms with van der Waals surface area (Å²) < 4.78 is 0. The summed E-state index contributed by atoms with van der Waals surface area (Å²) in [5.74, 6) is 0.786. The largest absolute Gasteiger partial charge is 0.355 e. The maximum Gasteiger partial charge on any atom is 0.234 e. The van der Waals surface area contributed by atoms with Crippen molar-refractivity contribution in [1.29, 1.82) is 0 Å². The van der Waals surface area contributed by atoms with Gasteiger partial charge >= 0.3 is 0 Å². The molecule has 1 aromatic carbocycles. The summed E-state index contributed by atoms with van der Waals surface area (Å²) in [5, 5.41) is 4.25. The van der Waals surface area contributed by atoms with Crippen molar-refractivity contribution < 1.29 is 4.79 Å². The minimum absolute atomic E-state index is 0.0918. The van der Waals surface area contributed by atoms with E-state index in [1.807, 2.05) is 12.1 Å². The quantitative estimate of drug-likeness (QED) is 0.898. The molecule has 0 radical (unpaired) electrons. The number of benzene rings is 1. The van der Waals surface area contributed by atoms with Crippen molar-refractivity contribution in [3.63, 3.8) is 0 Å². The number of hydrogen-bond donors (Lipinski definition) is 1. The second-order valence-electron chi connectivity index (χ2n) is 5.82. The van der Waals surface area contributed by atoms with E-state index in [-0.39, 0.29) is 5.91 Å². The minimum atomic E-state index is 0.0918. The Morgan fingerprint density at radius 3 is 2.95 bits per heavy atom. The molecule has 1 atom stereocenters. The third kappa shape index (κ3) is 5.50. The summed E-state index contributed by atoms with van der Waals surface area (Å²) in [6, 6.07) is 5.46. The van der Waals surface area contributed by atoms with Crippen LogP contribution < -0.4 is 5.32 Å². The highest BCUT2D eigenvalue weighted by Gasteiger charge is 2.18. The number of piperidine rings is 1. The van der Waals surface area contributed by atoms with E-state index in [2.05, 4.69) is 17.1 Å². The second kappa shape index (κ2) is 8.02. The van der Waals surface area contributed by atoms with Gasteiger partial charge in [0.15, 0.2) is 0 Å². The number of carbonyl (C=O) groups excluding carboxylic acids is 1. The Morgan fingerprint density at radius 1 is 1.43 bits per heavy atom. The van der Waals surface area contributed by atoms with Crippen molar-refractivity contribution in [3.8, 4) is 0 Å². The molecule has 0 aromatic heterocycles. The highest BCUT2D eigenvalue weighted by atomic mass is 35.5. The van der Waals surface area contributed by atoms with Crippen LogP contribution in [0.3, 0.4) is 0 Å². The van der Waals surface area contributed by atoms with Crippen LogP contribution in [0.2, 0.25) is 10.0 Å². The molecule has 0 bridgehead atoms. The van der Waals surface area contributed by atoms with Gasteiger partial charge in [-0.25, -0.2) is 0 Å². The molecule has 1 heterocycles. The Labute approximate surface area is 136 Å². The average molecular weight is 329 g/mol. The number of halogens is 2. The number of likely N-dealkylation sites (tertiary alicyclic amines) is 1. The van der Waals surface area contributed by atoms with Gasteiger partial charge in [0.05, 0.1) is 6.54 Å². The van der Waals surface area contributed by atoms with Crippen molar-refractivity contribution >= 4 is 29.1 Å². The Balaban J connectivity index is 1.71.